The van der Waals surface area contributed by atoms with Crippen LogP contribution in [0, 0.1) is 0 Å². The van der Waals surface area contributed by atoms with Gasteiger partial charge in [0.15, 0.2) is 0 Å². The molecule has 10 heteroatoms. The van der Waals surface area contributed by atoms with Crippen molar-refractivity contribution in [3.8, 4) is 0 Å². The lowest BCUT2D eigenvalue weighted by molar-refractivity contribution is -0.141. The summed E-state index contributed by atoms with van der Waals surface area (Å²) in [6.07, 6.45) is 0.743. The molecule has 0 spiro atoms. The summed E-state index contributed by atoms with van der Waals surface area (Å²) in [5, 5.41) is 3.68. The molecule has 0 bridgehead atoms. The van der Waals surface area contributed by atoms with E-state index in [1.54, 1.807) is 36.4 Å². The van der Waals surface area contributed by atoms with Gasteiger partial charge in [0, 0.05) is 48.2 Å². The maximum absolute atomic E-state index is 13.4. The maximum atomic E-state index is 13.4. The molecule has 35 heavy (non-hydrogen) atoms. The van der Waals surface area contributed by atoms with Crippen molar-refractivity contribution in [2.24, 2.45) is 0 Å². The summed E-state index contributed by atoms with van der Waals surface area (Å²) in [5.74, 6) is -0.542. The maximum Gasteiger partial charge on any atom is 0.243 e. The van der Waals surface area contributed by atoms with E-state index in [4.69, 9.17) is 23.2 Å². The number of sulfonamides is 1. The van der Waals surface area contributed by atoms with Crippen molar-refractivity contribution in [2.45, 2.75) is 63.6 Å². The van der Waals surface area contributed by atoms with E-state index in [1.165, 1.54) is 28.4 Å². The van der Waals surface area contributed by atoms with E-state index in [0.717, 1.165) is 0 Å². The molecule has 2 amide bonds. The normalized spacial score (nSPS) is 12.6. The number of nitrogens with zero attached hydrogens (tertiary/aromatic N) is 2. The Hall–Kier alpha value is -2.13. The van der Waals surface area contributed by atoms with Crippen LogP contribution in [0.1, 0.15) is 45.6 Å². The van der Waals surface area contributed by atoms with Gasteiger partial charge in [0.25, 0.3) is 0 Å². The fourth-order valence-electron chi connectivity index (χ4n) is 3.64. The van der Waals surface area contributed by atoms with Crippen LogP contribution in [0.3, 0.4) is 0 Å². The second-order valence-corrected chi connectivity index (χ2v) is 11.4. The van der Waals surface area contributed by atoms with E-state index < -0.39 is 16.1 Å². The molecule has 0 unspecified atom stereocenters. The summed E-state index contributed by atoms with van der Waals surface area (Å²) in [4.78, 5) is 27.9. The third kappa shape index (κ3) is 7.93. The highest BCUT2D eigenvalue weighted by Gasteiger charge is 2.30. The van der Waals surface area contributed by atoms with E-state index in [0.29, 0.717) is 22.0 Å². The molecule has 0 radical (unpaired) electrons. The van der Waals surface area contributed by atoms with Crippen LogP contribution in [-0.2, 0) is 26.2 Å². The standard InChI is InChI=1S/C25H33Cl2N3O4S/c1-5-23(25(32)28-18(2)3)30(17-20-21(26)13-9-14-22(20)27)24(31)15-10-16-29(4)35(33,34)19-11-7-6-8-12-19/h6-9,11-14,18,23H,5,10,15-17H2,1-4H3,(H,28,32)/t23-/m0/s1. The monoisotopic (exact) mass is 541 g/mol. The Bertz CT molecular complexity index is 1090. The number of halogens is 2. The average molecular weight is 543 g/mol. The van der Waals surface area contributed by atoms with Crippen LogP contribution in [0.2, 0.25) is 10.0 Å². The second-order valence-electron chi connectivity index (χ2n) is 8.55. The first-order valence-electron chi connectivity index (χ1n) is 11.5. The summed E-state index contributed by atoms with van der Waals surface area (Å²) >= 11 is 12.7. The number of benzene rings is 2. The zero-order chi connectivity index (χ0) is 26.2. The fourth-order valence-corrected chi connectivity index (χ4v) is 5.39. The van der Waals surface area contributed by atoms with E-state index in [2.05, 4.69) is 5.32 Å². The molecule has 2 rings (SSSR count). The highest BCUT2D eigenvalue weighted by molar-refractivity contribution is 7.89. The summed E-state index contributed by atoms with van der Waals surface area (Å²) in [6, 6.07) is 12.4. The minimum Gasteiger partial charge on any atom is -0.352 e. The third-order valence-corrected chi connectivity index (χ3v) is 8.10. The Labute approximate surface area is 218 Å². The van der Waals surface area contributed by atoms with Crippen molar-refractivity contribution in [1.82, 2.24) is 14.5 Å². The molecule has 0 saturated heterocycles. The number of rotatable bonds is 12. The van der Waals surface area contributed by atoms with Gasteiger partial charge in [-0.3, -0.25) is 9.59 Å². The molecule has 0 aliphatic rings. The highest BCUT2D eigenvalue weighted by Crippen LogP contribution is 2.27. The Morgan fingerprint density at radius 3 is 2.14 bits per heavy atom. The molecule has 0 heterocycles. The molecule has 0 aliphatic heterocycles. The van der Waals surface area contributed by atoms with Crippen LogP contribution in [0.5, 0.6) is 0 Å². The number of hydrogen-bond donors (Lipinski definition) is 1. The van der Waals surface area contributed by atoms with Gasteiger partial charge in [0.1, 0.15) is 6.04 Å². The Balaban J connectivity index is 2.19. The summed E-state index contributed by atoms with van der Waals surface area (Å²) < 4.78 is 26.7. The first kappa shape index (κ1) is 29.1. The number of hydrogen-bond acceptors (Lipinski definition) is 4. The van der Waals surface area contributed by atoms with Crippen molar-refractivity contribution in [3.05, 3.63) is 64.1 Å². The van der Waals surface area contributed by atoms with Crippen molar-refractivity contribution >= 4 is 45.0 Å². The first-order chi connectivity index (χ1) is 16.5. The van der Waals surface area contributed by atoms with Gasteiger partial charge in [-0.1, -0.05) is 54.4 Å². The lowest BCUT2D eigenvalue weighted by Gasteiger charge is -2.32. The van der Waals surface area contributed by atoms with Gasteiger partial charge < -0.3 is 10.2 Å². The van der Waals surface area contributed by atoms with Crippen molar-refractivity contribution in [3.63, 3.8) is 0 Å². The van der Waals surface area contributed by atoms with Gasteiger partial charge >= 0.3 is 0 Å². The number of carbonyl (C=O) groups is 2. The number of nitrogens with one attached hydrogen (secondary N) is 1. The van der Waals surface area contributed by atoms with Gasteiger partial charge in [-0.25, -0.2) is 12.7 Å². The Kier molecular flexibility index (Phi) is 11.0. The van der Waals surface area contributed by atoms with E-state index in [-0.39, 0.29) is 48.7 Å². The summed E-state index contributed by atoms with van der Waals surface area (Å²) in [5.41, 5.74) is 0.559. The van der Waals surface area contributed by atoms with Gasteiger partial charge in [-0.2, -0.15) is 0 Å². The predicted molar refractivity (Wildman–Crippen MR) is 140 cm³/mol. The van der Waals surface area contributed by atoms with Crippen LogP contribution < -0.4 is 5.32 Å². The van der Waals surface area contributed by atoms with E-state index in [1.807, 2.05) is 20.8 Å². The molecule has 0 fully saturated rings. The van der Waals surface area contributed by atoms with Gasteiger partial charge in [0.05, 0.1) is 4.90 Å². The smallest absolute Gasteiger partial charge is 0.243 e. The quantitative estimate of drug-likeness (QED) is 0.420. The van der Waals surface area contributed by atoms with Crippen LogP contribution >= 0.6 is 23.2 Å². The molecule has 0 aromatic heterocycles. The molecule has 0 aliphatic carbocycles. The van der Waals surface area contributed by atoms with Crippen LogP contribution in [0.25, 0.3) is 0 Å². The van der Waals surface area contributed by atoms with E-state index >= 15 is 0 Å². The topological polar surface area (TPSA) is 86.8 Å². The molecular weight excluding hydrogens is 509 g/mol. The summed E-state index contributed by atoms with van der Waals surface area (Å²) in [7, 11) is -2.17. The summed E-state index contributed by atoms with van der Waals surface area (Å²) in [6.45, 7) is 5.76. The van der Waals surface area contributed by atoms with E-state index in [9.17, 15) is 18.0 Å². The second kappa shape index (κ2) is 13.3. The van der Waals surface area contributed by atoms with Gasteiger partial charge in [-0.15, -0.1) is 0 Å². The van der Waals surface area contributed by atoms with Crippen molar-refractivity contribution in [1.29, 1.82) is 0 Å². The molecule has 0 saturated carbocycles. The van der Waals surface area contributed by atoms with Crippen molar-refractivity contribution < 1.29 is 18.0 Å². The largest absolute Gasteiger partial charge is 0.352 e. The van der Waals surface area contributed by atoms with Crippen LogP contribution in [0.4, 0.5) is 0 Å². The SMILES string of the molecule is CC[C@@H](C(=O)NC(C)C)N(Cc1c(Cl)cccc1Cl)C(=O)CCCN(C)S(=O)(=O)c1ccccc1. The highest BCUT2D eigenvalue weighted by atomic mass is 35.5. The molecule has 192 valence electrons. The molecule has 1 N–H and O–H groups in total. The lowest BCUT2D eigenvalue weighted by atomic mass is 10.1. The van der Waals surface area contributed by atoms with Crippen molar-refractivity contribution in [2.75, 3.05) is 13.6 Å². The first-order valence-corrected chi connectivity index (χ1v) is 13.7. The Morgan fingerprint density at radius 1 is 1.00 bits per heavy atom. The predicted octanol–water partition coefficient (Wildman–Crippen LogP) is 4.73. The average Bonchev–Trinajstić information content (AvgIpc) is 2.80. The van der Waals surface area contributed by atoms with Crippen LogP contribution in [-0.4, -0.2) is 55.1 Å². The lowest BCUT2D eigenvalue weighted by Crippen LogP contribution is -2.50. The number of carbonyl (C=O) groups excluding carboxylic acids is 2. The molecular formula is C25H33Cl2N3O4S. The minimum atomic E-state index is -3.66. The Morgan fingerprint density at radius 2 is 1.60 bits per heavy atom. The fraction of sp³-hybridized carbons (Fsp3) is 0.440. The third-order valence-electron chi connectivity index (χ3n) is 5.52. The number of amides is 2. The van der Waals surface area contributed by atoms with Crippen LogP contribution in [0.15, 0.2) is 53.4 Å². The zero-order valence-electron chi connectivity index (χ0n) is 20.5. The van der Waals surface area contributed by atoms with Gasteiger partial charge in [0.2, 0.25) is 21.8 Å². The minimum absolute atomic E-state index is 0.0577. The molecule has 1 atom stereocenters. The molecule has 2 aromatic carbocycles. The zero-order valence-corrected chi connectivity index (χ0v) is 22.8. The van der Waals surface area contributed by atoms with Gasteiger partial charge in [-0.05, 0) is 51.0 Å². The molecule has 7 nitrogen and oxygen atoms in total. The molecule has 2 aromatic rings.